The molecule has 0 aliphatic carbocycles. The lowest BCUT2D eigenvalue weighted by molar-refractivity contribution is -0.117. The molecule has 1 heterocycles. The van der Waals surface area contributed by atoms with Crippen molar-refractivity contribution in [2.24, 2.45) is 0 Å². The third-order valence-electron chi connectivity index (χ3n) is 2.94. The van der Waals surface area contributed by atoms with Crippen LogP contribution in [0.3, 0.4) is 0 Å². The van der Waals surface area contributed by atoms with Gasteiger partial charge in [0, 0.05) is 13.0 Å². The van der Waals surface area contributed by atoms with Crippen LogP contribution in [0, 0.1) is 11.3 Å². The van der Waals surface area contributed by atoms with Crippen molar-refractivity contribution in [1.29, 1.82) is 5.26 Å². The molecule has 1 aliphatic rings. The number of hydrogen-bond acceptors (Lipinski definition) is 5. The van der Waals surface area contributed by atoms with Crippen LogP contribution in [0.4, 0.5) is 15.3 Å². The standard InChI is InChI=1S/C11H10FN3O3S/c12-19(17,18)8-4-11(16)15(6-8)10-2-1-7(5-13)3-9(10)14/h1-3,8H,4,6,14H2. The average molecular weight is 283 g/mol. The van der Waals surface area contributed by atoms with Gasteiger partial charge in [0.25, 0.3) is 0 Å². The van der Waals surface area contributed by atoms with Crippen molar-refractivity contribution in [3.63, 3.8) is 0 Å². The zero-order valence-corrected chi connectivity index (χ0v) is 10.5. The lowest BCUT2D eigenvalue weighted by atomic mass is 10.2. The van der Waals surface area contributed by atoms with Crippen LogP contribution in [0.1, 0.15) is 12.0 Å². The summed E-state index contributed by atoms with van der Waals surface area (Å²) in [5.41, 5.74) is 6.48. The molecule has 19 heavy (non-hydrogen) atoms. The molecule has 1 aliphatic heterocycles. The lowest BCUT2D eigenvalue weighted by Gasteiger charge is -2.18. The number of hydrogen-bond donors (Lipinski definition) is 1. The summed E-state index contributed by atoms with van der Waals surface area (Å²) in [5.74, 6) is -0.511. The van der Waals surface area contributed by atoms with Crippen LogP contribution in [-0.4, -0.2) is 26.1 Å². The van der Waals surface area contributed by atoms with E-state index in [0.29, 0.717) is 5.56 Å². The van der Waals surface area contributed by atoms with Gasteiger partial charge in [-0.3, -0.25) is 4.79 Å². The van der Waals surface area contributed by atoms with Gasteiger partial charge >= 0.3 is 10.2 Å². The summed E-state index contributed by atoms with van der Waals surface area (Å²) in [4.78, 5) is 12.8. The lowest BCUT2D eigenvalue weighted by Crippen LogP contribution is -2.27. The van der Waals surface area contributed by atoms with E-state index < -0.39 is 27.8 Å². The average Bonchev–Trinajstić information content (AvgIpc) is 2.71. The second kappa shape index (κ2) is 4.51. The highest BCUT2D eigenvalue weighted by molar-refractivity contribution is 7.87. The molecule has 1 aromatic carbocycles. The molecule has 0 radical (unpaired) electrons. The Morgan fingerprint density at radius 1 is 1.47 bits per heavy atom. The fraction of sp³-hybridized carbons (Fsp3) is 0.273. The summed E-state index contributed by atoms with van der Waals surface area (Å²) in [6.45, 7) is -0.270. The minimum absolute atomic E-state index is 0.171. The number of nitriles is 1. The molecule has 2 N–H and O–H groups in total. The number of benzene rings is 1. The summed E-state index contributed by atoms with van der Waals surface area (Å²) < 4.78 is 34.5. The Labute approximate surface area is 109 Å². The zero-order chi connectivity index (χ0) is 14.2. The molecule has 1 saturated heterocycles. The third-order valence-corrected chi connectivity index (χ3v) is 4.05. The summed E-state index contributed by atoms with van der Waals surface area (Å²) in [5, 5.41) is 7.34. The maximum absolute atomic E-state index is 12.9. The van der Waals surface area contributed by atoms with Crippen molar-refractivity contribution < 1.29 is 17.1 Å². The van der Waals surface area contributed by atoms with Gasteiger partial charge in [-0.05, 0) is 18.2 Å². The molecule has 2 rings (SSSR count). The van der Waals surface area contributed by atoms with Crippen LogP contribution in [0.15, 0.2) is 18.2 Å². The van der Waals surface area contributed by atoms with Gasteiger partial charge in [-0.15, -0.1) is 3.89 Å². The van der Waals surface area contributed by atoms with Gasteiger partial charge in [0.2, 0.25) is 5.91 Å². The van der Waals surface area contributed by atoms with E-state index in [9.17, 15) is 17.1 Å². The molecular weight excluding hydrogens is 273 g/mol. The normalized spacial score (nSPS) is 19.5. The largest absolute Gasteiger partial charge is 0.397 e. The number of carbonyl (C=O) groups is 1. The highest BCUT2D eigenvalue weighted by Gasteiger charge is 2.39. The van der Waals surface area contributed by atoms with Gasteiger partial charge in [-0.25, -0.2) is 0 Å². The second-order valence-electron chi connectivity index (χ2n) is 4.19. The fourth-order valence-corrected chi connectivity index (χ4v) is 2.63. The fourth-order valence-electron chi connectivity index (χ4n) is 1.97. The van der Waals surface area contributed by atoms with Gasteiger partial charge < -0.3 is 10.6 Å². The maximum atomic E-state index is 12.9. The minimum atomic E-state index is -4.76. The van der Waals surface area contributed by atoms with Crippen LogP contribution >= 0.6 is 0 Å². The Bertz CT molecular complexity index is 681. The summed E-state index contributed by atoms with van der Waals surface area (Å²) in [6, 6.07) is 6.16. The van der Waals surface area contributed by atoms with Gasteiger partial charge in [-0.2, -0.15) is 13.7 Å². The quantitative estimate of drug-likeness (QED) is 0.630. The first kappa shape index (κ1) is 13.3. The van der Waals surface area contributed by atoms with E-state index in [1.54, 1.807) is 0 Å². The molecule has 0 spiro atoms. The topological polar surface area (TPSA) is 104 Å². The highest BCUT2D eigenvalue weighted by atomic mass is 32.3. The first-order chi connectivity index (χ1) is 8.82. The Hall–Kier alpha value is -2.14. The van der Waals surface area contributed by atoms with Crippen molar-refractivity contribution in [3.8, 4) is 6.07 Å². The van der Waals surface area contributed by atoms with E-state index in [1.165, 1.54) is 18.2 Å². The second-order valence-corrected chi connectivity index (χ2v) is 5.81. The molecule has 0 bridgehead atoms. The summed E-state index contributed by atoms with van der Waals surface area (Å²) in [6.07, 6.45) is -0.404. The Morgan fingerprint density at radius 2 is 2.16 bits per heavy atom. The van der Waals surface area contributed by atoms with Gasteiger partial charge in [0.05, 0.1) is 23.0 Å². The van der Waals surface area contributed by atoms with E-state index in [1.807, 2.05) is 6.07 Å². The minimum Gasteiger partial charge on any atom is -0.397 e. The van der Waals surface area contributed by atoms with Crippen LogP contribution in [0.2, 0.25) is 0 Å². The number of carbonyl (C=O) groups excluding carboxylic acids is 1. The number of rotatable bonds is 2. The number of halogens is 1. The first-order valence-corrected chi connectivity index (χ1v) is 6.81. The van der Waals surface area contributed by atoms with Gasteiger partial charge in [0.15, 0.2) is 0 Å². The number of nitrogen functional groups attached to an aromatic ring is 1. The van der Waals surface area contributed by atoms with E-state index in [4.69, 9.17) is 11.0 Å². The molecule has 1 aromatic rings. The van der Waals surface area contributed by atoms with E-state index in [-0.39, 0.29) is 17.9 Å². The molecule has 100 valence electrons. The predicted molar refractivity (Wildman–Crippen MR) is 66.4 cm³/mol. The molecule has 1 amide bonds. The van der Waals surface area contributed by atoms with Gasteiger partial charge in [0.1, 0.15) is 5.25 Å². The van der Waals surface area contributed by atoms with Crippen molar-refractivity contribution in [2.45, 2.75) is 11.7 Å². The molecule has 0 saturated carbocycles. The van der Waals surface area contributed by atoms with Gasteiger partial charge in [-0.1, -0.05) is 0 Å². The third kappa shape index (κ3) is 2.51. The predicted octanol–water partition coefficient (Wildman–Crippen LogP) is 0.545. The highest BCUT2D eigenvalue weighted by Crippen LogP contribution is 2.30. The number of amides is 1. The Kier molecular flexibility index (Phi) is 3.16. The van der Waals surface area contributed by atoms with Crippen LogP contribution in [0.25, 0.3) is 0 Å². The monoisotopic (exact) mass is 283 g/mol. The van der Waals surface area contributed by atoms with E-state index in [2.05, 4.69) is 0 Å². The Morgan fingerprint density at radius 3 is 2.63 bits per heavy atom. The molecule has 6 nitrogen and oxygen atoms in total. The molecule has 1 fully saturated rings. The number of nitrogens with two attached hydrogens (primary N) is 1. The van der Waals surface area contributed by atoms with Crippen molar-refractivity contribution in [3.05, 3.63) is 23.8 Å². The van der Waals surface area contributed by atoms with Crippen molar-refractivity contribution in [2.75, 3.05) is 17.2 Å². The first-order valence-electron chi connectivity index (χ1n) is 5.36. The van der Waals surface area contributed by atoms with E-state index in [0.717, 1.165) is 4.90 Å². The zero-order valence-electron chi connectivity index (χ0n) is 9.71. The maximum Gasteiger partial charge on any atom is 0.307 e. The SMILES string of the molecule is N#Cc1ccc(N2CC(S(=O)(=O)F)CC2=O)c(N)c1. The number of anilines is 2. The molecule has 1 atom stereocenters. The Balaban J connectivity index is 2.34. The molecule has 0 aromatic heterocycles. The molecule has 1 unspecified atom stereocenters. The van der Waals surface area contributed by atoms with Crippen molar-refractivity contribution >= 4 is 27.5 Å². The summed E-state index contributed by atoms with van der Waals surface area (Å²) >= 11 is 0. The smallest absolute Gasteiger partial charge is 0.307 e. The molecular formula is C11H10FN3O3S. The summed E-state index contributed by atoms with van der Waals surface area (Å²) in [7, 11) is -4.76. The van der Waals surface area contributed by atoms with Crippen LogP contribution in [-0.2, 0) is 15.0 Å². The van der Waals surface area contributed by atoms with Crippen LogP contribution in [0.5, 0.6) is 0 Å². The number of nitrogens with zero attached hydrogens (tertiary/aromatic N) is 2. The van der Waals surface area contributed by atoms with E-state index >= 15 is 0 Å². The molecule has 8 heteroatoms. The van der Waals surface area contributed by atoms with Crippen molar-refractivity contribution in [1.82, 2.24) is 0 Å². The van der Waals surface area contributed by atoms with Crippen LogP contribution < -0.4 is 10.6 Å².